The first kappa shape index (κ1) is 11.6. The Morgan fingerprint density at radius 1 is 1.05 bits per heavy atom. The molecule has 0 atom stereocenters. The molecule has 0 aliphatic carbocycles. The third-order valence-electron chi connectivity index (χ3n) is 2.84. The number of rotatable bonds is 3. The van der Waals surface area contributed by atoms with Crippen molar-refractivity contribution in [2.24, 2.45) is 0 Å². The summed E-state index contributed by atoms with van der Waals surface area (Å²) in [6, 6.07) is 7.74. The van der Waals surface area contributed by atoms with E-state index in [0.717, 1.165) is 21.1 Å². The van der Waals surface area contributed by atoms with Crippen LogP contribution in [0.15, 0.2) is 56.4 Å². The van der Waals surface area contributed by atoms with Gasteiger partial charge in [0.05, 0.1) is 11.8 Å². The summed E-state index contributed by atoms with van der Waals surface area (Å²) in [5.74, 6) is 1.31. The standard InChI is InChI=1S/C14H8N2O2S2/c1-3-9(17-6-1)13-11(10-4-2-7-19-10)12(16-18-13)14-15-5-8-20-14/h1-8H. The van der Waals surface area contributed by atoms with Crippen LogP contribution in [0.2, 0.25) is 0 Å². The average Bonchev–Trinajstić information content (AvgIpc) is 3.23. The zero-order valence-electron chi connectivity index (χ0n) is 10.1. The Bertz CT molecular complexity index is 748. The summed E-state index contributed by atoms with van der Waals surface area (Å²) in [5.41, 5.74) is 1.69. The Hall–Kier alpha value is -2.18. The Kier molecular flexibility index (Phi) is 2.75. The number of aromatic nitrogens is 2. The van der Waals surface area contributed by atoms with E-state index in [2.05, 4.69) is 10.1 Å². The monoisotopic (exact) mass is 300 g/mol. The van der Waals surface area contributed by atoms with E-state index in [1.165, 1.54) is 11.3 Å². The highest BCUT2D eigenvalue weighted by Gasteiger charge is 2.24. The van der Waals surface area contributed by atoms with Gasteiger partial charge in [-0.2, -0.15) is 0 Å². The van der Waals surface area contributed by atoms with E-state index in [0.29, 0.717) is 11.5 Å². The Morgan fingerprint density at radius 2 is 2.05 bits per heavy atom. The van der Waals surface area contributed by atoms with E-state index in [4.69, 9.17) is 8.94 Å². The molecule has 6 heteroatoms. The second-order valence-corrected chi connectivity index (χ2v) is 5.87. The quantitative estimate of drug-likeness (QED) is 0.546. The number of thiazole rings is 1. The maximum absolute atomic E-state index is 5.52. The lowest BCUT2D eigenvalue weighted by molar-refractivity contribution is 0.420. The fourth-order valence-electron chi connectivity index (χ4n) is 2.00. The van der Waals surface area contributed by atoms with Crippen molar-refractivity contribution in [2.75, 3.05) is 0 Å². The van der Waals surface area contributed by atoms with Crippen molar-refractivity contribution >= 4 is 22.7 Å². The van der Waals surface area contributed by atoms with Crippen molar-refractivity contribution in [2.45, 2.75) is 0 Å². The average molecular weight is 300 g/mol. The predicted octanol–water partition coefficient (Wildman–Crippen LogP) is 4.79. The zero-order valence-corrected chi connectivity index (χ0v) is 11.8. The van der Waals surface area contributed by atoms with E-state index in [-0.39, 0.29) is 0 Å². The van der Waals surface area contributed by atoms with Crippen LogP contribution in [0.25, 0.3) is 32.7 Å². The predicted molar refractivity (Wildman–Crippen MR) is 78.6 cm³/mol. The molecule has 0 aliphatic heterocycles. The lowest BCUT2D eigenvalue weighted by Crippen LogP contribution is -1.80. The maximum atomic E-state index is 5.52. The first-order valence-electron chi connectivity index (χ1n) is 5.91. The molecule has 98 valence electrons. The van der Waals surface area contributed by atoms with Gasteiger partial charge < -0.3 is 8.94 Å². The number of hydrogen-bond acceptors (Lipinski definition) is 6. The van der Waals surface area contributed by atoms with Gasteiger partial charge in [0.25, 0.3) is 0 Å². The van der Waals surface area contributed by atoms with Gasteiger partial charge in [-0.1, -0.05) is 11.2 Å². The van der Waals surface area contributed by atoms with Crippen molar-refractivity contribution in [3.63, 3.8) is 0 Å². The van der Waals surface area contributed by atoms with Crippen LogP contribution in [-0.4, -0.2) is 10.1 Å². The van der Waals surface area contributed by atoms with Gasteiger partial charge in [-0.3, -0.25) is 0 Å². The maximum Gasteiger partial charge on any atom is 0.211 e. The SMILES string of the molecule is c1coc(-c2onc(-c3nccs3)c2-c2cccs2)c1. The van der Waals surface area contributed by atoms with Gasteiger partial charge in [0.15, 0.2) is 11.5 Å². The number of furan rings is 1. The molecule has 0 spiro atoms. The minimum atomic E-state index is 0.641. The summed E-state index contributed by atoms with van der Waals surface area (Å²) >= 11 is 3.18. The van der Waals surface area contributed by atoms with Crippen molar-refractivity contribution in [1.29, 1.82) is 0 Å². The third kappa shape index (κ3) is 1.81. The molecule has 4 aromatic rings. The van der Waals surface area contributed by atoms with Gasteiger partial charge in [-0.25, -0.2) is 4.98 Å². The second-order valence-electron chi connectivity index (χ2n) is 4.03. The molecule has 0 bridgehead atoms. The van der Waals surface area contributed by atoms with Crippen molar-refractivity contribution in [1.82, 2.24) is 10.1 Å². The lowest BCUT2D eigenvalue weighted by Gasteiger charge is -1.97. The first-order chi connectivity index (χ1) is 9.93. The van der Waals surface area contributed by atoms with E-state index in [1.54, 1.807) is 23.8 Å². The number of thiophene rings is 1. The summed E-state index contributed by atoms with van der Waals surface area (Å²) < 4.78 is 11.0. The first-order valence-corrected chi connectivity index (χ1v) is 7.66. The van der Waals surface area contributed by atoms with Crippen LogP contribution in [0.4, 0.5) is 0 Å². The summed E-state index contributed by atoms with van der Waals surface area (Å²) in [6.07, 6.45) is 3.39. The third-order valence-corrected chi connectivity index (χ3v) is 4.51. The van der Waals surface area contributed by atoms with Crippen molar-refractivity contribution in [3.05, 3.63) is 47.5 Å². The molecule has 0 unspecified atom stereocenters. The molecular formula is C14H8N2O2S2. The van der Waals surface area contributed by atoms with Crippen LogP contribution in [0.3, 0.4) is 0 Å². The van der Waals surface area contributed by atoms with Gasteiger partial charge in [-0.05, 0) is 23.6 Å². The molecular weight excluding hydrogens is 292 g/mol. The molecule has 0 saturated heterocycles. The van der Waals surface area contributed by atoms with E-state index in [9.17, 15) is 0 Å². The smallest absolute Gasteiger partial charge is 0.211 e. The van der Waals surface area contributed by atoms with Gasteiger partial charge in [0.1, 0.15) is 5.01 Å². The van der Waals surface area contributed by atoms with Crippen molar-refractivity contribution < 1.29 is 8.94 Å². The highest BCUT2D eigenvalue weighted by molar-refractivity contribution is 7.14. The molecule has 0 aliphatic rings. The summed E-state index contributed by atoms with van der Waals surface area (Å²) in [5, 5.41) is 8.99. The zero-order chi connectivity index (χ0) is 13.4. The minimum Gasteiger partial charge on any atom is -0.461 e. The molecule has 4 rings (SSSR count). The van der Waals surface area contributed by atoms with Crippen LogP contribution in [-0.2, 0) is 0 Å². The fourth-order valence-corrected chi connectivity index (χ4v) is 3.39. The van der Waals surface area contributed by atoms with Crippen LogP contribution in [0, 0.1) is 0 Å². The fraction of sp³-hybridized carbons (Fsp3) is 0. The molecule has 0 saturated carbocycles. The highest BCUT2D eigenvalue weighted by Crippen LogP contribution is 2.42. The lowest BCUT2D eigenvalue weighted by atomic mass is 10.1. The van der Waals surface area contributed by atoms with E-state index in [1.807, 2.05) is 35.0 Å². The second kappa shape index (κ2) is 4.73. The number of nitrogens with zero attached hydrogens (tertiary/aromatic N) is 2. The summed E-state index contributed by atoms with van der Waals surface area (Å²) in [4.78, 5) is 5.41. The van der Waals surface area contributed by atoms with Crippen LogP contribution >= 0.6 is 22.7 Å². The molecule has 0 N–H and O–H groups in total. The van der Waals surface area contributed by atoms with Gasteiger partial charge in [0, 0.05) is 16.5 Å². The van der Waals surface area contributed by atoms with Crippen molar-refractivity contribution in [3.8, 4) is 32.7 Å². The highest BCUT2D eigenvalue weighted by atomic mass is 32.1. The summed E-state index contributed by atoms with van der Waals surface area (Å²) in [6.45, 7) is 0. The molecule has 0 aromatic carbocycles. The molecule has 0 radical (unpaired) electrons. The molecule has 20 heavy (non-hydrogen) atoms. The Balaban J connectivity index is 1.98. The normalized spacial score (nSPS) is 11.0. The van der Waals surface area contributed by atoms with Crippen LogP contribution < -0.4 is 0 Å². The topological polar surface area (TPSA) is 52.1 Å². The summed E-state index contributed by atoms with van der Waals surface area (Å²) in [7, 11) is 0. The minimum absolute atomic E-state index is 0.641. The van der Waals surface area contributed by atoms with E-state index >= 15 is 0 Å². The van der Waals surface area contributed by atoms with Gasteiger partial charge in [-0.15, -0.1) is 22.7 Å². The van der Waals surface area contributed by atoms with Gasteiger partial charge >= 0.3 is 0 Å². The molecule has 4 heterocycles. The molecule has 0 amide bonds. The number of hydrogen-bond donors (Lipinski definition) is 0. The van der Waals surface area contributed by atoms with Crippen LogP contribution in [0.1, 0.15) is 0 Å². The van der Waals surface area contributed by atoms with E-state index < -0.39 is 0 Å². The molecule has 0 fully saturated rings. The molecule has 4 nitrogen and oxygen atoms in total. The van der Waals surface area contributed by atoms with Gasteiger partial charge in [0.2, 0.25) is 5.76 Å². The largest absolute Gasteiger partial charge is 0.461 e. The molecule has 4 aromatic heterocycles. The Labute approximate surface area is 122 Å². The Morgan fingerprint density at radius 3 is 2.75 bits per heavy atom. The van der Waals surface area contributed by atoms with Crippen LogP contribution in [0.5, 0.6) is 0 Å².